The lowest BCUT2D eigenvalue weighted by molar-refractivity contribution is -0.347. The van der Waals surface area contributed by atoms with Crippen molar-refractivity contribution in [2.75, 3.05) is 36.0 Å². The van der Waals surface area contributed by atoms with Gasteiger partial charge in [0.15, 0.2) is 11.1 Å². The molecule has 1 aromatic heterocycles. The van der Waals surface area contributed by atoms with Gasteiger partial charge < -0.3 is 9.80 Å². The number of aryl methyl sites for hydroxylation is 1. The van der Waals surface area contributed by atoms with E-state index in [1.165, 1.54) is 18.3 Å². The number of hydrogen-bond donors (Lipinski definition) is 0. The highest BCUT2D eigenvalue weighted by atomic mass is 32.2. The SMILES string of the molecule is Cc1ccc(S(=O)(=O)c2c[nH+]c3ccc(F)cc3c2N2CCN(c3ccccc3)CC2)cc1. The highest BCUT2D eigenvalue weighted by Gasteiger charge is 2.31. The van der Waals surface area contributed by atoms with Crippen LogP contribution in [0.1, 0.15) is 5.56 Å². The summed E-state index contributed by atoms with van der Waals surface area (Å²) in [5.41, 5.74) is 3.37. The number of piperazine rings is 1. The summed E-state index contributed by atoms with van der Waals surface area (Å²) < 4.78 is 41.6. The Balaban J connectivity index is 1.60. The fourth-order valence-corrected chi connectivity index (χ4v) is 5.84. The summed E-state index contributed by atoms with van der Waals surface area (Å²) in [7, 11) is -3.81. The van der Waals surface area contributed by atoms with Crippen LogP contribution in [0.4, 0.5) is 15.8 Å². The van der Waals surface area contributed by atoms with Gasteiger partial charge >= 0.3 is 0 Å². The molecule has 1 aliphatic rings. The second-order valence-electron chi connectivity index (χ2n) is 8.32. The van der Waals surface area contributed by atoms with Crippen LogP contribution in [0, 0.1) is 12.7 Å². The van der Waals surface area contributed by atoms with Gasteiger partial charge in [0.05, 0.1) is 16.0 Å². The van der Waals surface area contributed by atoms with Crippen molar-refractivity contribution in [3.8, 4) is 0 Å². The van der Waals surface area contributed by atoms with Crippen molar-refractivity contribution in [3.63, 3.8) is 0 Å². The lowest BCUT2D eigenvalue weighted by Gasteiger charge is -2.38. The molecule has 1 N–H and O–H groups in total. The first-order valence-corrected chi connectivity index (χ1v) is 12.4. The van der Waals surface area contributed by atoms with Crippen molar-refractivity contribution in [2.24, 2.45) is 0 Å². The molecule has 168 valence electrons. The van der Waals surface area contributed by atoms with Gasteiger partial charge in [-0.3, -0.25) is 0 Å². The van der Waals surface area contributed by atoms with Gasteiger partial charge in [0.1, 0.15) is 5.82 Å². The van der Waals surface area contributed by atoms with Crippen molar-refractivity contribution in [3.05, 3.63) is 90.4 Å². The Bertz CT molecular complexity index is 1400. The summed E-state index contributed by atoms with van der Waals surface area (Å²) in [5, 5.41) is 0.566. The number of aromatic nitrogens is 1. The number of rotatable bonds is 4. The second kappa shape index (κ2) is 8.48. The summed E-state index contributed by atoms with van der Waals surface area (Å²) in [5.74, 6) is -0.398. The summed E-state index contributed by atoms with van der Waals surface area (Å²) >= 11 is 0. The molecule has 1 aliphatic heterocycles. The van der Waals surface area contributed by atoms with E-state index in [-0.39, 0.29) is 9.79 Å². The van der Waals surface area contributed by atoms with Gasteiger partial charge in [0, 0.05) is 37.9 Å². The first kappa shape index (κ1) is 21.4. The minimum Gasteiger partial charge on any atom is -0.368 e. The molecule has 0 atom stereocenters. The summed E-state index contributed by atoms with van der Waals surface area (Å²) in [4.78, 5) is 7.80. The molecule has 0 amide bonds. The van der Waals surface area contributed by atoms with Crippen LogP contribution < -0.4 is 14.8 Å². The number of aromatic amines is 1. The molecule has 0 unspecified atom stereocenters. The van der Waals surface area contributed by atoms with Gasteiger partial charge in [-0.1, -0.05) is 35.9 Å². The van der Waals surface area contributed by atoms with E-state index in [2.05, 4.69) is 26.9 Å². The summed E-state index contributed by atoms with van der Waals surface area (Å²) in [6, 6.07) is 21.4. The minimum atomic E-state index is -3.81. The molecule has 33 heavy (non-hydrogen) atoms. The van der Waals surface area contributed by atoms with Crippen molar-refractivity contribution < 1.29 is 17.8 Å². The van der Waals surface area contributed by atoms with Crippen LogP contribution in [0.25, 0.3) is 10.9 Å². The van der Waals surface area contributed by atoms with E-state index in [1.54, 1.807) is 30.3 Å². The Morgan fingerprint density at radius 2 is 1.52 bits per heavy atom. The van der Waals surface area contributed by atoms with Crippen LogP contribution >= 0.6 is 0 Å². The Morgan fingerprint density at radius 1 is 0.848 bits per heavy atom. The van der Waals surface area contributed by atoms with Gasteiger partial charge in [-0.05, 0) is 43.3 Å². The Kier molecular flexibility index (Phi) is 5.50. The number of hydrogen-bond acceptors (Lipinski definition) is 4. The molecular weight excluding hydrogens is 437 g/mol. The van der Waals surface area contributed by atoms with E-state index in [0.717, 1.165) is 24.3 Å². The Morgan fingerprint density at radius 3 is 2.21 bits per heavy atom. The number of nitrogens with zero attached hydrogens (tertiary/aromatic N) is 2. The molecule has 1 fully saturated rings. The van der Waals surface area contributed by atoms with Crippen LogP contribution in [-0.2, 0) is 9.84 Å². The molecule has 0 bridgehead atoms. The lowest BCUT2D eigenvalue weighted by atomic mass is 10.1. The molecule has 7 heteroatoms. The number of H-pyrrole nitrogens is 1. The molecule has 0 saturated carbocycles. The van der Waals surface area contributed by atoms with E-state index in [1.807, 2.05) is 25.1 Å². The zero-order valence-electron chi connectivity index (χ0n) is 18.3. The number of sulfone groups is 1. The third-order valence-corrected chi connectivity index (χ3v) is 7.95. The van der Waals surface area contributed by atoms with Gasteiger partial charge in [-0.25, -0.2) is 17.8 Å². The third kappa shape index (κ3) is 4.04. The van der Waals surface area contributed by atoms with Crippen molar-refractivity contribution in [2.45, 2.75) is 16.7 Å². The molecule has 5 nitrogen and oxygen atoms in total. The maximum atomic E-state index is 14.3. The van der Waals surface area contributed by atoms with E-state index < -0.39 is 15.7 Å². The predicted octanol–water partition coefficient (Wildman–Crippen LogP) is 4.26. The lowest BCUT2D eigenvalue weighted by Crippen LogP contribution is -2.47. The summed E-state index contributed by atoms with van der Waals surface area (Å²) in [6.45, 7) is 4.65. The minimum absolute atomic E-state index is 0.164. The normalized spacial score (nSPS) is 14.6. The maximum absolute atomic E-state index is 14.3. The average Bonchev–Trinajstić information content (AvgIpc) is 2.84. The molecule has 0 spiro atoms. The van der Waals surface area contributed by atoms with Gasteiger partial charge in [-0.15, -0.1) is 0 Å². The van der Waals surface area contributed by atoms with Crippen molar-refractivity contribution in [1.29, 1.82) is 0 Å². The number of pyridine rings is 1. The van der Waals surface area contributed by atoms with Crippen LogP contribution in [0.3, 0.4) is 0 Å². The smallest absolute Gasteiger partial charge is 0.214 e. The highest BCUT2D eigenvalue weighted by molar-refractivity contribution is 7.91. The van der Waals surface area contributed by atoms with E-state index in [0.29, 0.717) is 29.7 Å². The van der Waals surface area contributed by atoms with E-state index in [4.69, 9.17) is 0 Å². The maximum Gasteiger partial charge on any atom is 0.214 e. The summed E-state index contributed by atoms with van der Waals surface area (Å²) in [6.07, 6.45) is 1.54. The first-order valence-electron chi connectivity index (χ1n) is 10.9. The number of para-hydroxylation sites is 1. The number of fused-ring (bicyclic) bond motifs is 1. The monoisotopic (exact) mass is 462 g/mol. The number of benzene rings is 3. The molecule has 5 rings (SSSR count). The van der Waals surface area contributed by atoms with Crippen molar-refractivity contribution >= 4 is 32.1 Å². The standard InChI is InChI=1S/C26H24FN3O2S/c1-19-7-10-22(11-8-19)33(31,32)25-18-28-24-12-9-20(27)17-23(24)26(25)30-15-13-29(14-16-30)21-5-3-2-4-6-21/h2-12,17-18H,13-16H2,1H3/p+1. The highest BCUT2D eigenvalue weighted by Crippen LogP contribution is 2.36. The Labute approximate surface area is 193 Å². The fourth-order valence-electron chi connectivity index (χ4n) is 4.39. The average molecular weight is 463 g/mol. The van der Waals surface area contributed by atoms with E-state index in [9.17, 15) is 12.8 Å². The van der Waals surface area contributed by atoms with Gasteiger partial charge in [-0.2, -0.15) is 0 Å². The quantitative estimate of drug-likeness (QED) is 0.455. The van der Waals surface area contributed by atoms with Gasteiger partial charge in [0.25, 0.3) is 0 Å². The number of nitrogens with one attached hydrogen (secondary N) is 1. The largest absolute Gasteiger partial charge is 0.368 e. The number of anilines is 2. The topological polar surface area (TPSA) is 54.8 Å². The second-order valence-corrected chi connectivity index (χ2v) is 10.2. The zero-order valence-corrected chi connectivity index (χ0v) is 19.1. The molecule has 0 radical (unpaired) electrons. The van der Waals surface area contributed by atoms with Crippen LogP contribution in [0.5, 0.6) is 0 Å². The zero-order chi connectivity index (χ0) is 23.0. The molecule has 4 aromatic rings. The van der Waals surface area contributed by atoms with Crippen LogP contribution in [0.15, 0.2) is 88.8 Å². The predicted molar refractivity (Wildman–Crippen MR) is 128 cm³/mol. The van der Waals surface area contributed by atoms with Crippen LogP contribution in [0.2, 0.25) is 0 Å². The molecule has 3 aromatic carbocycles. The van der Waals surface area contributed by atoms with Crippen molar-refractivity contribution in [1.82, 2.24) is 0 Å². The molecule has 2 heterocycles. The molecular formula is C26H25FN3O2S+. The van der Waals surface area contributed by atoms with Crippen LogP contribution in [-0.4, -0.2) is 34.6 Å². The third-order valence-electron chi connectivity index (χ3n) is 6.17. The Hall–Kier alpha value is -3.45. The number of halogens is 1. The first-order chi connectivity index (χ1) is 15.9. The van der Waals surface area contributed by atoms with E-state index >= 15 is 0 Å². The van der Waals surface area contributed by atoms with Gasteiger partial charge in [0.2, 0.25) is 15.4 Å². The fraction of sp³-hybridized carbons (Fsp3) is 0.192. The molecule has 0 aliphatic carbocycles. The molecule has 1 saturated heterocycles.